The largest absolute Gasteiger partial charge is 0.388 e. The lowest BCUT2D eigenvalue weighted by atomic mass is 9.95. The summed E-state index contributed by atoms with van der Waals surface area (Å²) in [5.74, 6) is 1.43. The average Bonchev–Trinajstić information content (AvgIpc) is 2.89. The predicted octanol–water partition coefficient (Wildman–Crippen LogP) is 4.81. The van der Waals surface area contributed by atoms with Gasteiger partial charge in [-0.05, 0) is 35.8 Å². The van der Waals surface area contributed by atoms with Crippen molar-refractivity contribution in [1.29, 1.82) is 0 Å². The minimum atomic E-state index is -0.271. The van der Waals surface area contributed by atoms with Crippen molar-refractivity contribution in [3.8, 4) is 0 Å². The Hall–Kier alpha value is -0.820. The molecule has 1 saturated carbocycles. The number of rotatable bonds is 5. The summed E-state index contributed by atoms with van der Waals surface area (Å²) < 4.78 is 0. The summed E-state index contributed by atoms with van der Waals surface area (Å²) in [7, 11) is 0. The Labute approximate surface area is 111 Å². The van der Waals surface area contributed by atoms with Crippen molar-refractivity contribution >= 4 is 0 Å². The van der Waals surface area contributed by atoms with Gasteiger partial charge in [0.25, 0.3) is 0 Å². The highest BCUT2D eigenvalue weighted by atomic mass is 16.3. The molecule has 18 heavy (non-hydrogen) atoms. The van der Waals surface area contributed by atoms with Gasteiger partial charge in [-0.15, -0.1) is 0 Å². The molecule has 0 spiro atoms. The van der Waals surface area contributed by atoms with Crippen LogP contribution in [0.5, 0.6) is 0 Å². The molecule has 1 aliphatic carbocycles. The quantitative estimate of drug-likeness (QED) is 0.790. The molecule has 0 saturated heterocycles. The van der Waals surface area contributed by atoms with Crippen molar-refractivity contribution in [1.82, 2.24) is 0 Å². The maximum Gasteiger partial charge on any atom is 0.0790 e. The smallest absolute Gasteiger partial charge is 0.0790 e. The molecule has 1 heteroatoms. The molecule has 0 aliphatic heterocycles. The Morgan fingerprint density at radius 1 is 1.06 bits per heavy atom. The molecular formula is C17H26O. The molecule has 1 aromatic carbocycles. The van der Waals surface area contributed by atoms with Gasteiger partial charge < -0.3 is 5.11 Å². The van der Waals surface area contributed by atoms with E-state index in [1.54, 1.807) is 0 Å². The van der Waals surface area contributed by atoms with Crippen LogP contribution in [0.1, 0.15) is 75.5 Å². The highest BCUT2D eigenvalue weighted by Crippen LogP contribution is 2.31. The predicted molar refractivity (Wildman–Crippen MR) is 76.7 cm³/mol. The number of aliphatic hydroxyl groups is 1. The van der Waals surface area contributed by atoms with Gasteiger partial charge in [0.1, 0.15) is 0 Å². The van der Waals surface area contributed by atoms with Crippen LogP contribution >= 0.6 is 0 Å². The summed E-state index contributed by atoms with van der Waals surface area (Å²) in [6, 6.07) is 8.49. The Balaban J connectivity index is 1.85. The van der Waals surface area contributed by atoms with Crippen molar-refractivity contribution < 1.29 is 5.11 Å². The van der Waals surface area contributed by atoms with E-state index in [2.05, 4.69) is 38.1 Å². The highest BCUT2D eigenvalue weighted by Gasteiger charge is 2.17. The van der Waals surface area contributed by atoms with Crippen molar-refractivity contribution in [3.63, 3.8) is 0 Å². The Morgan fingerprint density at radius 3 is 2.17 bits per heavy atom. The fraction of sp³-hybridized carbons (Fsp3) is 0.647. The van der Waals surface area contributed by atoms with Gasteiger partial charge in [0.2, 0.25) is 0 Å². The first-order chi connectivity index (χ1) is 8.66. The summed E-state index contributed by atoms with van der Waals surface area (Å²) in [6.45, 7) is 4.40. The molecule has 1 fully saturated rings. The van der Waals surface area contributed by atoms with Crippen LogP contribution in [0, 0.1) is 5.92 Å². The lowest BCUT2D eigenvalue weighted by Crippen LogP contribution is -2.02. The lowest BCUT2D eigenvalue weighted by molar-refractivity contribution is 0.157. The topological polar surface area (TPSA) is 20.2 Å². The zero-order valence-electron chi connectivity index (χ0n) is 11.7. The lowest BCUT2D eigenvalue weighted by Gasteiger charge is -2.15. The molecule has 0 radical (unpaired) electrons. The van der Waals surface area contributed by atoms with Crippen LogP contribution in [0.25, 0.3) is 0 Å². The van der Waals surface area contributed by atoms with Gasteiger partial charge in [0.05, 0.1) is 6.10 Å². The summed E-state index contributed by atoms with van der Waals surface area (Å²) in [5, 5.41) is 10.2. The van der Waals surface area contributed by atoms with Crippen molar-refractivity contribution in [2.45, 2.75) is 64.4 Å². The third-order valence-electron chi connectivity index (χ3n) is 4.31. The van der Waals surface area contributed by atoms with Crippen LogP contribution in [0.4, 0.5) is 0 Å². The van der Waals surface area contributed by atoms with Gasteiger partial charge in [0, 0.05) is 0 Å². The van der Waals surface area contributed by atoms with Crippen LogP contribution in [0.3, 0.4) is 0 Å². The monoisotopic (exact) mass is 246 g/mol. The van der Waals surface area contributed by atoms with E-state index in [0.717, 1.165) is 17.9 Å². The van der Waals surface area contributed by atoms with E-state index in [-0.39, 0.29) is 6.10 Å². The van der Waals surface area contributed by atoms with E-state index >= 15 is 0 Å². The van der Waals surface area contributed by atoms with E-state index < -0.39 is 0 Å². The first-order valence-corrected chi connectivity index (χ1v) is 7.44. The summed E-state index contributed by atoms with van der Waals surface area (Å²) in [5.41, 5.74) is 2.43. The second-order valence-corrected chi connectivity index (χ2v) is 6.06. The van der Waals surface area contributed by atoms with Gasteiger partial charge in [-0.2, -0.15) is 0 Å². The van der Waals surface area contributed by atoms with E-state index in [4.69, 9.17) is 0 Å². The minimum Gasteiger partial charge on any atom is -0.388 e. The molecule has 1 aliphatic rings. The minimum absolute atomic E-state index is 0.271. The standard InChI is InChI=1S/C17H26O/c1-13(2)15-8-10-16(11-9-15)17(18)12-7-14-5-3-4-6-14/h8-11,13-14,17-18H,3-7,12H2,1-2H3. The normalized spacial score (nSPS) is 18.4. The SMILES string of the molecule is CC(C)c1ccc(C(O)CCC2CCCC2)cc1. The van der Waals surface area contributed by atoms with Crippen molar-refractivity contribution in [2.24, 2.45) is 5.92 Å². The van der Waals surface area contributed by atoms with E-state index in [1.807, 2.05) is 0 Å². The van der Waals surface area contributed by atoms with Gasteiger partial charge in [-0.3, -0.25) is 0 Å². The molecule has 1 atom stereocenters. The van der Waals surface area contributed by atoms with Crippen LogP contribution in [0.15, 0.2) is 24.3 Å². The zero-order chi connectivity index (χ0) is 13.0. The molecule has 0 heterocycles. The van der Waals surface area contributed by atoms with Crippen LogP contribution in [0.2, 0.25) is 0 Å². The zero-order valence-corrected chi connectivity index (χ0v) is 11.7. The molecule has 1 N–H and O–H groups in total. The van der Waals surface area contributed by atoms with Gasteiger partial charge in [-0.25, -0.2) is 0 Å². The first-order valence-electron chi connectivity index (χ1n) is 7.44. The Kier molecular flexibility index (Phi) is 4.82. The molecule has 0 amide bonds. The number of hydrogen-bond donors (Lipinski definition) is 1. The fourth-order valence-corrected chi connectivity index (χ4v) is 2.96. The number of aliphatic hydroxyl groups excluding tert-OH is 1. The third kappa shape index (κ3) is 3.58. The molecule has 0 bridgehead atoms. The number of benzene rings is 1. The average molecular weight is 246 g/mol. The van der Waals surface area contributed by atoms with Crippen molar-refractivity contribution in [3.05, 3.63) is 35.4 Å². The van der Waals surface area contributed by atoms with Crippen molar-refractivity contribution in [2.75, 3.05) is 0 Å². The van der Waals surface area contributed by atoms with E-state index in [0.29, 0.717) is 5.92 Å². The van der Waals surface area contributed by atoms with E-state index in [9.17, 15) is 5.11 Å². The van der Waals surface area contributed by atoms with Crippen LogP contribution < -0.4 is 0 Å². The van der Waals surface area contributed by atoms with Crippen LogP contribution in [-0.2, 0) is 0 Å². The van der Waals surface area contributed by atoms with E-state index in [1.165, 1.54) is 37.7 Å². The Morgan fingerprint density at radius 2 is 1.61 bits per heavy atom. The molecule has 1 unspecified atom stereocenters. The second kappa shape index (κ2) is 6.38. The molecular weight excluding hydrogens is 220 g/mol. The molecule has 1 nitrogen and oxygen atoms in total. The highest BCUT2D eigenvalue weighted by molar-refractivity contribution is 5.26. The fourth-order valence-electron chi connectivity index (χ4n) is 2.96. The summed E-state index contributed by atoms with van der Waals surface area (Å²) >= 11 is 0. The molecule has 1 aromatic rings. The molecule has 100 valence electrons. The third-order valence-corrected chi connectivity index (χ3v) is 4.31. The Bertz CT molecular complexity index is 346. The van der Waals surface area contributed by atoms with Crippen LogP contribution in [-0.4, -0.2) is 5.11 Å². The second-order valence-electron chi connectivity index (χ2n) is 6.06. The maximum atomic E-state index is 10.2. The summed E-state index contributed by atoms with van der Waals surface area (Å²) in [4.78, 5) is 0. The number of hydrogen-bond acceptors (Lipinski definition) is 1. The van der Waals surface area contributed by atoms with Gasteiger partial charge >= 0.3 is 0 Å². The van der Waals surface area contributed by atoms with Gasteiger partial charge in [0.15, 0.2) is 0 Å². The summed E-state index contributed by atoms with van der Waals surface area (Å²) in [6.07, 6.45) is 7.37. The first kappa shape index (κ1) is 13.6. The molecule has 2 rings (SSSR count). The molecule has 0 aromatic heterocycles. The van der Waals surface area contributed by atoms with Gasteiger partial charge in [-0.1, -0.05) is 63.8 Å². The maximum absolute atomic E-state index is 10.2.